The Morgan fingerprint density at radius 1 is 1.08 bits per heavy atom. The second-order valence-corrected chi connectivity index (χ2v) is 6.76. The van der Waals surface area contributed by atoms with Gasteiger partial charge in [-0.25, -0.2) is 4.39 Å². The molecule has 2 aromatic carbocycles. The van der Waals surface area contributed by atoms with Crippen LogP contribution in [0.15, 0.2) is 42.5 Å². The molecule has 0 unspecified atom stereocenters. The number of nitrogens with zero attached hydrogens (tertiary/aromatic N) is 1. The first-order chi connectivity index (χ1) is 12.0. The lowest BCUT2D eigenvalue weighted by molar-refractivity contribution is 0.0899. The van der Waals surface area contributed by atoms with E-state index in [2.05, 4.69) is 0 Å². The molecule has 2 aromatic rings. The summed E-state index contributed by atoms with van der Waals surface area (Å²) in [5.41, 5.74) is 1.41. The van der Waals surface area contributed by atoms with Crippen molar-refractivity contribution < 1.29 is 14.0 Å². The zero-order valence-corrected chi connectivity index (χ0v) is 14.7. The van der Waals surface area contributed by atoms with E-state index in [9.17, 15) is 14.0 Å². The number of carbonyl (C=O) groups excluding carboxylic acids is 2. The number of hydrogen-bond donors (Lipinski definition) is 0. The summed E-state index contributed by atoms with van der Waals surface area (Å²) in [5, 5.41) is 0.606. The third kappa shape index (κ3) is 3.74. The molecule has 0 amide bonds. The van der Waals surface area contributed by atoms with Crippen molar-refractivity contribution in [1.82, 2.24) is 0 Å². The van der Waals surface area contributed by atoms with Crippen molar-refractivity contribution in [2.45, 2.75) is 19.8 Å². The Kier molecular flexibility index (Phi) is 5.19. The van der Waals surface area contributed by atoms with Crippen molar-refractivity contribution in [1.29, 1.82) is 0 Å². The van der Waals surface area contributed by atoms with Crippen LogP contribution in [0, 0.1) is 11.7 Å². The smallest absolute Gasteiger partial charge is 0.166 e. The Bertz CT molecular complexity index is 796. The van der Waals surface area contributed by atoms with E-state index < -0.39 is 5.82 Å². The summed E-state index contributed by atoms with van der Waals surface area (Å²) in [4.78, 5) is 26.4. The quantitative estimate of drug-likeness (QED) is 0.737. The number of carbonyl (C=O) groups is 2. The van der Waals surface area contributed by atoms with E-state index in [0.29, 0.717) is 42.2 Å². The fourth-order valence-electron chi connectivity index (χ4n) is 3.36. The van der Waals surface area contributed by atoms with Gasteiger partial charge >= 0.3 is 0 Å². The van der Waals surface area contributed by atoms with Crippen LogP contribution in [0.5, 0.6) is 0 Å². The summed E-state index contributed by atoms with van der Waals surface area (Å²) >= 11 is 5.87. The highest BCUT2D eigenvalue weighted by atomic mass is 35.5. The Hall–Kier alpha value is -2.20. The number of anilines is 1. The van der Waals surface area contributed by atoms with Gasteiger partial charge in [0.15, 0.2) is 11.6 Å². The number of halogens is 2. The normalized spacial score (nSPS) is 15.2. The van der Waals surface area contributed by atoms with E-state index in [4.69, 9.17) is 11.6 Å². The summed E-state index contributed by atoms with van der Waals surface area (Å²) in [6.45, 7) is 2.61. The van der Waals surface area contributed by atoms with Gasteiger partial charge in [-0.15, -0.1) is 0 Å². The van der Waals surface area contributed by atoms with Crippen molar-refractivity contribution in [2.24, 2.45) is 5.92 Å². The van der Waals surface area contributed by atoms with Crippen molar-refractivity contribution in [3.63, 3.8) is 0 Å². The lowest BCUT2D eigenvalue weighted by atomic mass is 9.88. The molecule has 0 radical (unpaired) electrons. The average Bonchev–Trinajstić information content (AvgIpc) is 2.61. The van der Waals surface area contributed by atoms with Gasteiger partial charge in [0, 0.05) is 29.6 Å². The molecule has 1 heterocycles. The summed E-state index contributed by atoms with van der Waals surface area (Å²) in [5.74, 6) is -0.731. The lowest BCUT2D eigenvalue weighted by Gasteiger charge is -2.34. The monoisotopic (exact) mass is 359 g/mol. The molecule has 0 spiro atoms. The molecule has 1 aliphatic heterocycles. The predicted octanol–water partition coefficient (Wildman–Crippen LogP) is 4.78. The van der Waals surface area contributed by atoms with Gasteiger partial charge in [0.25, 0.3) is 0 Å². The van der Waals surface area contributed by atoms with Crippen LogP contribution in [0.2, 0.25) is 5.02 Å². The van der Waals surface area contributed by atoms with Crippen LogP contribution in [0.3, 0.4) is 0 Å². The second-order valence-electron chi connectivity index (χ2n) is 6.32. The molecule has 3 rings (SSSR count). The molecule has 0 atom stereocenters. The Balaban J connectivity index is 1.72. The van der Waals surface area contributed by atoms with Crippen LogP contribution in [0.1, 0.15) is 40.5 Å². The van der Waals surface area contributed by atoms with Gasteiger partial charge in [-0.05, 0) is 56.2 Å². The van der Waals surface area contributed by atoms with Gasteiger partial charge in [-0.3, -0.25) is 9.59 Å². The second kappa shape index (κ2) is 7.36. The predicted molar refractivity (Wildman–Crippen MR) is 97.1 cm³/mol. The van der Waals surface area contributed by atoms with Gasteiger partial charge in [0.2, 0.25) is 0 Å². The molecule has 25 heavy (non-hydrogen) atoms. The maximum Gasteiger partial charge on any atom is 0.166 e. The number of piperidine rings is 1. The fraction of sp³-hybridized carbons (Fsp3) is 0.300. The summed E-state index contributed by atoms with van der Waals surface area (Å²) in [7, 11) is 0. The summed E-state index contributed by atoms with van der Waals surface area (Å²) in [6.07, 6.45) is 1.35. The van der Waals surface area contributed by atoms with Crippen LogP contribution in [-0.2, 0) is 0 Å². The van der Waals surface area contributed by atoms with Gasteiger partial charge < -0.3 is 4.90 Å². The largest absolute Gasteiger partial charge is 0.371 e. The lowest BCUT2D eigenvalue weighted by Crippen LogP contribution is -2.37. The molecule has 0 saturated carbocycles. The number of benzene rings is 2. The van der Waals surface area contributed by atoms with Crippen LogP contribution >= 0.6 is 11.6 Å². The molecule has 0 aliphatic carbocycles. The Morgan fingerprint density at radius 2 is 1.72 bits per heavy atom. The molecule has 1 fully saturated rings. The molecule has 3 nitrogen and oxygen atoms in total. The molecule has 0 bridgehead atoms. The van der Waals surface area contributed by atoms with E-state index >= 15 is 0 Å². The molecule has 5 heteroatoms. The standard InChI is InChI=1S/C20H19ClFNO2/c1-13(24)19-17(22)3-2-4-18(19)23-11-9-15(10-12-23)20(25)14-5-7-16(21)8-6-14/h2-8,15H,9-12H2,1H3. The van der Waals surface area contributed by atoms with E-state index in [1.54, 1.807) is 36.4 Å². The molecule has 1 saturated heterocycles. The zero-order chi connectivity index (χ0) is 18.0. The topological polar surface area (TPSA) is 37.4 Å². The van der Waals surface area contributed by atoms with E-state index in [1.165, 1.54) is 13.0 Å². The summed E-state index contributed by atoms with van der Waals surface area (Å²) < 4.78 is 14.0. The highest BCUT2D eigenvalue weighted by molar-refractivity contribution is 6.30. The fourth-order valence-corrected chi connectivity index (χ4v) is 3.48. The van der Waals surface area contributed by atoms with Gasteiger partial charge in [-0.2, -0.15) is 0 Å². The maximum absolute atomic E-state index is 14.0. The van der Waals surface area contributed by atoms with Crippen molar-refractivity contribution in [3.05, 3.63) is 64.4 Å². The Labute approximate surface area is 151 Å². The average molecular weight is 360 g/mol. The molecular formula is C20H19ClFNO2. The number of Topliss-reactive ketones (excluding diaryl/α,β-unsaturated/α-hetero) is 2. The first kappa shape index (κ1) is 17.6. The molecule has 130 valence electrons. The Morgan fingerprint density at radius 3 is 2.32 bits per heavy atom. The van der Waals surface area contributed by atoms with Crippen LogP contribution in [-0.4, -0.2) is 24.7 Å². The van der Waals surface area contributed by atoms with Crippen LogP contribution in [0.25, 0.3) is 0 Å². The highest BCUT2D eigenvalue weighted by Crippen LogP contribution is 2.30. The molecule has 1 aliphatic rings. The van der Waals surface area contributed by atoms with Crippen LogP contribution < -0.4 is 4.90 Å². The first-order valence-electron chi connectivity index (χ1n) is 8.31. The van der Waals surface area contributed by atoms with Crippen molar-refractivity contribution in [3.8, 4) is 0 Å². The highest BCUT2D eigenvalue weighted by Gasteiger charge is 2.28. The van der Waals surface area contributed by atoms with Crippen molar-refractivity contribution >= 4 is 28.9 Å². The molecule has 0 N–H and O–H groups in total. The zero-order valence-electron chi connectivity index (χ0n) is 14.0. The van der Waals surface area contributed by atoms with Crippen molar-refractivity contribution in [2.75, 3.05) is 18.0 Å². The maximum atomic E-state index is 14.0. The minimum Gasteiger partial charge on any atom is -0.371 e. The number of hydrogen-bond acceptors (Lipinski definition) is 3. The van der Waals surface area contributed by atoms with E-state index in [0.717, 1.165) is 0 Å². The van der Waals surface area contributed by atoms with Gasteiger partial charge in [0.05, 0.1) is 11.3 Å². The SMILES string of the molecule is CC(=O)c1c(F)cccc1N1CCC(C(=O)c2ccc(Cl)cc2)CC1. The van der Waals surface area contributed by atoms with E-state index in [1.807, 2.05) is 4.90 Å². The van der Waals surface area contributed by atoms with Crippen LogP contribution in [0.4, 0.5) is 10.1 Å². The number of rotatable bonds is 4. The summed E-state index contributed by atoms with van der Waals surface area (Å²) in [6, 6.07) is 11.6. The minimum absolute atomic E-state index is 0.0632. The van der Waals surface area contributed by atoms with Gasteiger partial charge in [0.1, 0.15) is 5.82 Å². The van der Waals surface area contributed by atoms with Gasteiger partial charge in [-0.1, -0.05) is 17.7 Å². The molecule has 0 aromatic heterocycles. The number of ketones is 2. The first-order valence-corrected chi connectivity index (χ1v) is 8.69. The van der Waals surface area contributed by atoms with E-state index in [-0.39, 0.29) is 23.0 Å². The third-order valence-electron chi connectivity index (χ3n) is 4.68. The third-order valence-corrected chi connectivity index (χ3v) is 4.93. The molecular weight excluding hydrogens is 341 g/mol. The minimum atomic E-state index is -0.496.